The maximum Gasteiger partial charge on any atom is 0.237 e. The van der Waals surface area contributed by atoms with Gasteiger partial charge in [0.25, 0.3) is 0 Å². The first-order valence-corrected chi connectivity index (χ1v) is 7.28. The number of nitrogens with two attached hydrogens (primary N) is 1. The van der Waals surface area contributed by atoms with E-state index in [1.165, 1.54) is 12.1 Å². The molecule has 0 saturated heterocycles. The summed E-state index contributed by atoms with van der Waals surface area (Å²) in [6.45, 7) is 0.297. The lowest BCUT2D eigenvalue weighted by Gasteiger charge is -2.11. The summed E-state index contributed by atoms with van der Waals surface area (Å²) < 4.78 is 12.9. The van der Waals surface area contributed by atoms with E-state index in [4.69, 9.17) is 17.3 Å². The molecule has 3 N–H and O–H groups in total. The number of thioether (sulfide) groups is 1. The van der Waals surface area contributed by atoms with Crippen molar-refractivity contribution >= 4 is 29.3 Å². The summed E-state index contributed by atoms with van der Waals surface area (Å²) in [6.07, 6.45) is 2.60. The zero-order valence-electron chi connectivity index (χ0n) is 10.1. The molecule has 100 valence electrons. The maximum absolute atomic E-state index is 12.9. The van der Waals surface area contributed by atoms with Crippen LogP contribution < -0.4 is 11.1 Å². The largest absolute Gasteiger partial charge is 0.351 e. The Hall–Kier alpha value is -0.780. The Morgan fingerprint density at radius 2 is 2.33 bits per heavy atom. The van der Waals surface area contributed by atoms with E-state index in [9.17, 15) is 9.18 Å². The van der Waals surface area contributed by atoms with Crippen molar-refractivity contribution < 1.29 is 9.18 Å². The minimum Gasteiger partial charge on any atom is -0.351 e. The second-order valence-corrected chi connectivity index (χ2v) is 5.25. The summed E-state index contributed by atoms with van der Waals surface area (Å²) in [5, 5.41) is 2.75. The third-order valence-corrected chi connectivity index (χ3v) is 3.35. The molecule has 0 saturated carbocycles. The fraction of sp³-hybridized carbons (Fsp3) is 0.417. The van der Waals surface area contributed by atoms with E-state index >= 15 is 0 Å². The van der Waals surface area contributed by atoms with Crippen LogP contribution in [-0.2, 0) is 11.3 Å². The van der Waals surface area contributed by atoms with Crippen LogP contribution in [0, 0.1) is 5.82 Å². The molecule has 0 aliphatic heterocycles. The van der Waals surface area contributed by atoms with Gasteiger partial charge in [-0.1, -0.05) is 17.7 Å². The van der Waals surface area contributed by atoms with Crippen LogP contribution in [0.5, 0.6) is 0 Å². The van der Waals surface area contributed by atoms with Gasteiger partial charge < -0.3 is 11.1 Å². The summed E-state index contributed by atoms with van der Waals surface area (Å²) in [6, 6.07) is 3.84. The van der Waals surface area contributed by atoms with Crippen molar-refractivity contribution in [1.29, 1.82) is 0 Å². The Balaban J connectivity index is 2.44. The van der Waals surface area contributed by atoms with Crippen LogP contribution in [-0.4, -0.2) is 24.0 Å². The summed E-state index contributed by atoms with van der Waals surface area (Å²) >= 11 is 7.29. The number of amides is 1. The van der Waals surface area contributed by atoms with Crippen LogP contribution in [0.15, 0.2) is 18.2 Å². The van der Waals surface area contributed by atoms with Crippen LogP contribution in [0.4, 0.5) is 4.39 Å². The van der Waals surface area contributed by atoms with Gasteiger partial charge in [-0.3, -0.25) is 4.79 Å². The molecule has 0 bridgehead atoms. The zero-order valence-corrected chi connectivity index (χ0v) is 11.7. The van der Waals surface area contributed by atoms with E-state index in [0.29, 0.717) is 13.0 Å². The van der Waals surface area contributed by atoms with Gasteiger partial charge in [0, 0.05) is 6.54 Å². The summed E-state index contributed by atoms with van der Waals surface area (Å²) in [5.74, 6) is 0.171. The lowest BCUT2D eigenvalue weighted by Crippen LogP contribution is -2.40. The summed E-state index contributed by atoms with van der Waals surface area (Å²) in [5.41, 5.74) is 6.45. The highest BCUT2D eigenvalue weighted by Gasteiger charge is 2.12. The molecule has 0 spiro atoms. The van der Waals surface area contributed by atoms with E-state index in [1.807, 2.05) is 6.26 Å². The molecule has 6 heteroatoms. The van der Waals surface area contributed by atoms with Crippen molar-refractivity contribution in [3.8, 4) is 0 Å². The predicted octanol–water partition coefficient (Wildman–Crippen LogP) is 2.18. The number of nitrogens with one attached hydrogen (secondary N) is 1. The quantitative estimate of drug-likeness (QED) is 0.844. The van der Waals surface area contributed by atoms with Gasteiger partial charge in [0.2, 0.25) is 5.91 Å². The Kier molecular flexibility index (Phi) is 6.46. The van der Waals surface area contributed by atoms with Crippen molar-refractivity contribution in [2.75, 3.05) is 12.0 Å². The minimum atomic E-state index is -0.506. The smallest absolute Gasteiger partial charge is 0.237 e. The maximum atomic E-state index is 12.9. The Morgan fingerprint density at radius 1 is 1.61 bits per heavy atom. The monoisotopic (exact) mass is 290 g/mol. The van der Waals surface area contributed by atoms with Gasteiger partial charge in [0.15, 0.2) is 0 Å². The molecular weight excluding hydrogens is 275 g/mol. The second-order valence-electron chi connectivity index (χ2n) is 3.85. The third kappa shape index (κ3) is 4.84. The molecule has 1 atom stereocenters. The first-order chi connectivity index (χ1) is 8.54. The summed E-state index contributed by atoms with van der Waals surface area (Å²) in [7, 11) is 0. The Morgan fingerprint density at radius 3 is 2.94 bits per heavy atom. The number of carbonyl (C=O) groups excluding carboxylic acids is 1. The minimum absolute atomic E-state index is 0.0495. The topological polar surface area (TPSA) is 55.1 Å². The zero-order chi connectivity index (χ0) is 13.5. The number of rotatable bonds is 6. The molecule has 1 amide bonds. The van der Waals surface area contributed by atoms with Gasteiger partial charge in [-0.15, -0.1) is 0 Å². The third-order valence-electron chi connectivity index (χ3n) is 2.42. The summed E-state index contributed by atoms with van der Waals surface area (Å²) in [4.78, 5) is 11.6. The average molecular weight is 291 g/mol. The lowest BCUT2D eigenvalue weighted by atomic mass is 10.2. The van der Waals surface area contributed by atoms with E-state index in [2.05, 4.69) is 5.32 Å². The molecule has 18 heavy (non-hydrogen) atoms. The molecule has 1 aromatic rings. The normalized spacial score (nSPS) is 12.2. The molecule has 1 aromatic carbocycles. The molecule has 0 heterocycles. The number of hydrogen-bond acceptors (Lipinski definition) is 3. The van der Waals surface area contributed by atoms with Gasteiger partial charge in [-0.25, -0.2) is 4.39 Å². The molecule has 0 aromatic heterocycles. The predicted molar refractivity (Wildman–Crippen MR) is 74.2 cm³/mol. The number of halogens is 2. The highest BCUT2D eigenvalue weighted by atomic mass is 35.5. The Labute approximate surface area is 115 Å². The van der Waals surface area contributed by atoms with Gasteiger partial charge in [0.05, 0.1) is 11.1 Å². The number of carbonyl (C=O) groups is 1. The van der Waals surface area contributed by atoms with E-state index < -0.39 is 11.9 Å². The van der Waals surface area contributed by atoms with Gasteiger partial charge in [-0.2, -0.15) is 11.8 Å². The van der Waals surface area contributed by atoms with E-state index in [1.54, 1.807) is 17.8 Å². The molecule has 3 nitrogen and oxygen atoms in total. The molecular formula is C12H16ClFN2OS. The van der Waals surface area contributed by atoms with Crippen molar-refractivity contribution in [2.24, 2.45) is 5.73 Å². The second kappa shape index (κ2) is 7.61. The number of hydrogen-bond donors (Lipinski definition) is 2. The standard InChI is InChI=1S/C12H16ClFN2OS/c1-18-5-4-11(15)12(17)16-7-8-2-3-10(14)9(13)6-8/h2-3,6,11H,4-5,7,15H2,1H3,(H,16,17)/t11-/m0/s1. The molecule has 0 unspecified atom stereocenters. The molecule has 0 aliphatic rings. The highest BCUT2D eigenvalue weighted by molar-refractivity contribution is 7.98. The van der Waals surface area contributed by atoms with Gasteiger partial charge in [0.1, 0.15) is 5.82 Å². The fourth-order valence-corrected chi connectivity index (χ4v) is 2.04. The van der Waals surface area contributed by atoms with Gasteiger partial charge in [-0.05, 0) is 36.1 Å². The van der Waals surface area contributed by atoms with Crippen LogP contribution in [0.25, 0.3) is 0 Å². The lowest BCUT2D eigenvalue weighted by molar-refractivity contribution is -0.122. The van der Waals surface area contributed by atoms with E-state index in [-0.39, 0.29) is 10.9 Å². The SMILES string of the molecule is CSCC[C@H](N)C(=O)NCc1ccc(F)c(Cl)c1. The molecule has 0 aliphatic carbocycles. The van der Waals surface area contributed by atoms with Crippen LogP contribution in [0.2, 0.25) is 5.02 Å². The molecule has 1 rings (SSSR count). The number of benzene rings is 1. The highest BCUT2D eigenvalue weighted by Crippen LogP contribution is 2.15. The van der Waals surface area contributed by atoms with Crippen molar-refractivity contribution in [1.82, 2.24) is 5.32 Å². The molecule has 0 radical (unpaired) electrons. The van der Waals surface area contributed by atoms with Crippen LogP contribution >= 0.6 is 23.4 Å². The van der Waals surface area contributed by atoms with Crippen LogP contribution in [0.1, 0.15) is 12.0 Å². The van der Waals surface area contributed by atoms with Crippen molar-refractivity contribution in [2.45, 2.75) is 19.0 Å². The average Bonchev–Trinajstić information content (AvgIpc) is 2.36. The molecule has 0 fully saturated rings. The van der Waals surface area contributed by atoms with E-state index in [0.717, 1.165) is 11.3 Å². The fourth-order valence-electron chi connectivity index (χ4n) is 1.35. The first kappa shape index (κ1) is 15.3. The first-order valence-electron chi connectivity index (χ1n) is 5.50. The van der Waals surface area contributed by atoms with Gasteiger partial charge >= 0.3 is 0 Å². The van der Waals surface area contributed by atoms with Crippen molar-refractivity contribution in [3.63, 3.8) is 0 Å². The Bertz CT molecular complexity index is 417. The van der Waals surface area contributed by atoms with Crippen LogP contribution in [0.3, 0.4) is 0 Å². The van der Waals surface area contributed by atoms with Crippen molar-refractivity contribution in [3.05, 3.63) is 34.6 Å².